The zero-order valence-corrected chi connectivity index (χ0v) is 15.7. The molecule has 1 aromatic heterocycles. The number of carbonyl (C=O) groups is 1. The number of aromatic nitrogens is 1. The summed E-state index contributed by atoms with van der Waals surface area (Å²) in [6.45, 7) is 2.82. The quantitative estimate of drug-likeness (QED) is 0.837. The number of nitrogens with zero attached hydrogens (tertiary/aromatic N) is 3. The van der Waals surface area contributed by atoms with E-state index < -0.39 is 5.97 Å². The minimum absolute atomic E-state index is 0.0888. The first-order valence-corrected chi connectivity index (χ1v) is 9.68. The van der Waals surface area contributed by atoms with Crippen LogP contribution in [0.15, 0.2) is 30.5 Å². The molecule has 0 spiro atoms. The summed E-state index contributed by atoms with van der Waals surface area (Å²) in [5.41, 5.74) is 0.551. The molecule has 0 amide bonds. The van der Waals surface area contributed by atoms with E-state index in [4.69, 9.17) is 5.11 Å². The summed E-state index contributed by atoms with van der Waals surface area (Å²) in [6.07, 6.45) is 4.87. The van der Waals surface area contributed by atoms with Gasteiger partial charge in [-0.2, -0.15) is 0 Å². The van der Waals surface area contributed by atoms with Gasteiger partial charge in [0, 0.05) is 35.8 Å². The molecule has 0 bridgehead atoms. The van der Waals surface area contributed by atoms with Crippen molar-refractivity contribution in [1.29, 1.82) is 0 Å². The molecule has 1 N–H and O–H groups in total. The molecule has 2 heterocycles. The van der Waals surface area contributed by atoms with Gasteiger partial charge < -0.3 is 5.11 Å². The molecule has 1 aliphatic rings. The lowest BCUT2D eigenvalue weighted by Crippen LogP contribution is -2.36. The lowest BCUT2D eigenvalue weighted by Gasteiger charge is -2.25. The first kappa shape index (κ1) is 18.9. The number of carboxylic acid groups (broad SMARTS) is 1. The summed E-state index contributed by atoms with van der Waals surface area (Å²) in [5.74, 6) is -1.02. The molecule has 1 aromatic carbocycles. The van der Waals surface area contributed by atoms with Crippen molar-refractivity contribution in [3.63, 3.8) is 0 Å². The van der Waals surface area contributed by atoms with Crippen LogP contribution >= 0.6 is 11.3 Å². The number of likely N-dealkylation sites (N-methyl/N-ethyl adjacent to an activating group) is 1. The summed E-state index contributed by atoms with van der Waals surface area (Å²) < 4.78 is 13.9. The van der Waals surface area contributed by atoms with E-state index in [9.17, 15) is 9.18 Å². The van der Waals surface area contributed by atoms with E-state index >= 15 is 0 Å². The predicted molar refractivity (Wildman–Crippen MR) is 101 cm³/mol. The minimum Gasteiger partial charge on any atom is -0.480 e. The van der Waals surface area contributed by atoms with Crippen LogP contribution in [-0.2, 0) is 11.3 Å². The number of aliphatic carboxylic acids is 1. The van der Waals surface area contributed by atoms with Gasteiger partial charge in [-0.05, 0) is 45.0 Å². The molecular formula is C19H24FN3O2S. The number of benzene rings is 1. The third-order valence-corrected chi connectivity index (χ3v) is 5.85. The van der Waals surface area contributed by atoms with E-state index in [-0.39, 0.29) is 12.4 Å². The Labute approximate surface area is 157 Å². The third-order valence-electron chi connectivity index (χ3n) is 4.84. The highest BCUT2D eigenvalue weighted by Crippen LogP contribution is 2.28. The second-order valence-electron chi connectivity index (χ2n) is 6.78. The molecule has 1 saturated heterocycles. The largest absolute Gasteiger partial charge is 0.480 e. The molecule has 1 unspecified atom stereocenters. The lowest BCUT2D eigenvalue weighted by atomic mass is 10.1. The zero-order valence-electron chi connectivity index (χ0n) is 14.9. The Kier molecular flexibility index (Phi) is 6.34. The molecular weight excluding hydrogens is 353 g/mol. The maximum Gasteiger partial charge on any atom is 0.317 e. The van der Waals surface area contributed by atoms with Crippen LogP contribution < -0.4 is 0 Å². The van der Waals surface area contributed by atoms with Crippen molar-refractivity contribution in [3.8, 4) is 10.6 Å². The SMILES string of the molecule is CN(CC(=O)O)C1CCCN(Cc2cnc(-c3ccccc3F)s2)CC1. The molecule has 5 nitrogen and oxygen atoms in total. The topological polar surface area (TPSA) is 56.7 Å². The van der Waals surface area contributed by atoms with Crippen LogP contribution in [-0.4, -0.2) is 58.6 Å². The fraction of sp³-hybridized carbons (Fsp3) is 0.474. The van der Waals surface area contributed by atoms with Gasteiger partial charge in [0.15, 0.2) is 0 Å². The van der Waals surface area contributed by atoms with E-state index in [1.807, 2.05) is 24.2 Å². The van der Waals surface area contributed by atoms with Crippen LogP contribution in [0.3, 0.4) is 0 Å². The standard InChI is InChI=1S/C19H24FN3O2S/c1-22(13-18(24)25)14-5-4-9-23(10-8-14)12-15-11-21-19(26-15)16-6-2-3-7-17(16)20/h2-3,6-7,11,14H,4-5,8-10,12-13H2,1H3,(H,24,25). The lowest BCUT2D eigenvalue weighted by molar-refractivity contribution is -0.138. The van der Waals surface area contributed by atoms with Crippen molar-refractivity contribution in [2.45, 2.75) is 31.8 Å². The number of halogens is 1. The highest BCUT2D eigenvalue weighted by molar-refractivity contribution is 7.15. The van der Waals surface area contributed by atoms with Gasteiger partial charge in [-0.1, -0.05) is 12.1 Å². The van der Waals surface area contributed by atoms with Gasteiger partial charge in [-0.15, -0.1) is 11.3 Å². The second-order valence-corrected chi connectivity index (χ2v) is 7.90. The van der Waals surface area contributed by atoms with Gasteiger partial charge in [0.25, 0.3) is 0 Å². The van der Waals surface area contributed by atoms with Crippen LogP contribution in [0.5, 0.6) is 0 Å². The van der Waals surface area contributed by atoms with Crippen LogP contribution in [0.1, 0.15) is 24.1 Å². The highest BCUT2D eigenvalue weighted by Gasteiger charge is 2.22. The number of hydrogen-bond donors (Lipinski definition) is 1. The Balaban J connectivity index is 1.58. The first-order chi connectivity index (χ1) is 12.5. The van der Waals surface area contributed by atoms with E-state index in [2.05, 4.69) is 9.88 Å². The molecule has 1 aliphatic heterocycles. The van der Waals surface area contributed by atoms with Gasteiger partial charge in [-0.3, -0.25) is 14.6 Å². The summed E-state index contributed by atoms with van der Waals surface area (Å²) in [5, 5.41) is 9.68. The van der Waals surface area contributed by atoms with Gasteiger partial charge in [0.1, 0.15) is 10.8 Å². The summed E-state index contributed by atoms with van der Waals surface area (Å²) in [6, 6.07) is 7.03. The zero-order chi connectivity index (χ0) is 18.5. The number of hydrogen-bond acceptors (Lipinski definition) is 5. The van der Waals surface area contributed by atoms with E-state index in [0.717, 1.165) is 43.8 Å². The number of thiazole rings is 1. The molecule has 3 rings (SSSR count). The highest BCUT2D eigenvalue weighted by atomic mass is 32.1. The molecule has 0 radical (unpaired) electrons. The molecule has 7 heteroatoms. The number of carboxylic acids is 1. The Bertz CT molecular complexity index is 752. The molecule has 0 saturated carbocycles. The van der Waals surface area contributed by atoms with E-state index in [1.54, 1.807) is 12.1 Å². The van der Waals surface area contributed by atoms with E-state index in [0.29, 0.717) is 16.6 Å². The smallest absolute Gasteiger partial charge is 0.317 e. The van der Waals surface area contributed by atoms with Gasteiger partial charge in [0.2, 0.25) is 0 Å². The molecule has 0 aliphatic carbocycles. The summed E-state index contributed by atoms with van der Waals surface area (Å²) in [4.78, 5) is 20.7. The third kappa shape index (κ3) is 4.87. The summed E-state index contributed by atoms with van der Waals surface area (Å²) >= 11 is 1.54. The second kappa shape index (κ2) is 8.70. The average molecular weight is 377 g/mol. The molecule has 1 atom stereocenters. The Morgan fingerprint density at radius 3 is 2.96 bits per heavy atom. The summed E-state index contributed by atoms with van der Waals surface area (Å²) in [7, 11) is 1.89. The Morgan fingerprint density at radius 2 is 2.19 bits per heavy atom. The van der Waals surface area contributed by atoms with Crippen LogP contribution in [0, 0.1) is 5.82 Å². The fourth-order valence-corrected chi connectivity index (χ4v) is 4.42. The molecule has 1 fully saturated rings. The van der Waals surface area contributed by atoms with Crippen molar-refractivity contribution in [2.75, 3.05) is 26.7 Å². The van der Waals surface area contributed by atoms with E-state index in [1.165, 1.54) is 17.4 Å². The maximum absolute atomic E-state index is 13.9. The Hall–Kier alpha value is -1.83. The normalized spacial score (nSPS) is 18.8. The van der Waals surface area contributed by atoms with Crippen LogP contribution in [0.25, 0.3) is 10.6 Å². The van der Waals surface area contributed by atoms with Crippen molar-refractivity contribution < 1.29 is 14.3 Å². The van der Waals surface area contributed by atoms with Crippen molar-refractivity contribution >= 4 is 17.3 Å². The number of rotatable bonds is 6. The molecule has 2 aromatic rings. The fourth-order valence-electron chi connectivity index (χ4n) is 3.44. The molecule has 140 valence electrons. The number of likely N-dealkylation sites (tertiary alicyclic amines) is 1. The van der Waals surface area contributed by atoms with Gasteiger partial charge in [0.05, 0.1) is 6.54 Å². The first-order valence-electron chi connectivity index (χ1n) is 8.87. The minimum atomic E-state index is -0.779. The monoisotopic (exact) mass is 377 g/mol. The van der Waals surface area contributed by atoms with Gasteiger partial charge >= 0.3 is 5.97 Å². The van der Waals surface area contributed by atoms with Crippen LogP contribution in [0.4, 0.5) is 4.39 Å². The van der Waals surface area contributed by atoms with Crippen molar-refractivity contribution in [1.82, 2.24) is 14.8 Å². The van der Waals surface area contributed by atoms with Crippen molar-refractivity contribution in [2.24, 2.45) is 0 Å². The Morgan fingerprint density at radius 1 is 1.38 bits per heavy atom. The maximum atomic E-state index is 13.9. The average Bonchev–Trinajstić information content (AvgIpc) is 2.92. The van der Waals surface area contributed by atoms with Gasteiger partial charge in [-0.25, -0.2) is 9.37 Å². The van der Waals surface area contributed by atoms with Crippen LogP contribution in [0.2, 0.25) is 0 Å². The predicted octanol–water partition coefficient (Wildman–Crippen LogP) is 3.32. The molecule has 26 heavy (non-hydrogen) atoms. The van der Waals surface area contributed by atoms with Crippen molar-refractivity contribution in [3.05, 3.63) is 41.2 Å².